The normalized spacial score (nSPS) is 14.9. The fourth-order valence-electron chi connectivity index (χ4n) is 3.56. The van der Waals surface area contributed by atoms with E-state index in [0.29, 0.717) is 11.6 Å². The molecule has 26 heavy (non-hydrogen) atoms. The second-order valence-electron chi connectivity index (χ2n) is 7.11. The lowest BCUT2D eigenvalue weighted by molar-refractivity contribution is 0.0922. The third kappa shape index (κ3) is 4.40. The molecule has 2 aromatic rings. The van der Waals surface area contributed by atoms with Crippen LogP contribution in [-0.2, 0) is 6.42 Å². The monoisotopic (exact) mass is 352 g/mol. The van der Waals surface area contributed by atoms with Gasteiger partial charge in [-0.05, 0) is 50.3 Å². The van der Waals surface area contributed by atoms with Crippen molar-refractivity contribution in [1.82, 2.24) is 15.3 Å². The molecule has 138 valence electrons. The summed E-state index contributed by atoms with van der Waals surface area (Å²) in [6.07, 6.45) is 6.68. The maximum absolute atomic E-state index is 12.6. The van der Waals surface area contributed by atoms with E-state index in [-0.39, 0.29) is 11.9 Å². The summed E-state index contributed by atoms with van der Waals surface area (Å²) >= 11 is 0. The molecule has 0 bridgehead atoms. The van der Waals surface area contributed by atoms with Gasteiger partial charge >= 0.3 is 0 Å². The molecular weight excluding hydrogens is 324 g/mol. The van der Waals surface area contributed by atoms with Crippen LogP contribution in [0.4, 0.5) is 11.6 Å². The van der Waals surface area contributed by atoms with Gasteiger partial charge in [-0.25, -0.2) is 9.97 Å². The van der Waals surface area contributed by atoms with Crippen molar-refractivity contribution in [2.24, 2.45) is 0 Å². The zero-order valence-corrected chi connectivity index (χ0v) is 15.9. The molecule has 2 N–H and O–H groups in total. The standard InChI is InChI=1S/C21H28N4O/c1-4-16-10-8-9-14(2)19(16)25-21-22-15(3)13-18(24-21)20(26)23-17-11-6-5-7-12-17/h8-10,13,17H,4-7,11-12H2,1-3H3,(H,23,26)(H,22,24,25). The number of aryl methyl sites for hydroxylation is 3. The van der Waals surface area contributed by atoms with E-state index < -0.39 is 0 Å². The Morgan fingerprint density at radius 2 is 1.92 bits per heavy atom. The van der Waals surface area contributed by atoms with E-state index in [1.807, 2.05) is 6.92 Å². The van der Waals surface area contributed by atoms with Crippen LogP contribution in [0.25, 0.3) is 0 Å². The highest BCUT2D eigenvalue weighted by Gasteiger charge is 2.18. The van der Waals surface area contributed by atoms with Gasteiger partial charge in [0.15, 0.2) is 0 Å². The van der Waals surface area contributed by atoms with Crippen LogP contribution >= 0.6 is 0 Å². The highest BCUT2D eigenvalue weighted by Crippen LogP contribution is 2.24. The molecule has 1 aromatic heterocycles. The van der Waals surface area contributed by atoms with Gasteiger partial charge in [0.1, 0.15) is 5.69 Å². The van der Waals surface area contributed by atoms with Crippen molar-refractivity contribution in [1.29, 1.82) is 0 Å². The molecule has 1 amide bonds. The summed E-state index contributed by atoms with van der Waals surface area (Å²) in [5.41, 5.74) is 4.59. The Morgan fingerprint density at radius 1 is 1.15 bits per heavy atom. The molecule has 1 aliphatic carbocycles. The van der Waals surface area contributed by atoms with E-state index in [1.54, 1.807) is 6.07 Å². The Morgan fingerprint density at radius 3 is 2.65 bits per heavy atom. The number of carbonyl (C=O) groups is 1. The Bertz CT molecular complexity index is 782. The third-order valence-corrected chi connectivity index (χ3v) is 5.00. The Kier molecular flexibility index (Phi) is 5.86. The minimum Gasteiger partial charge on any atom is -0.348 e. The van der Waals surface area contributed by atoms with Crippen molar-refractivity contribution in [3.05, 3.63) is 46.8 Å². The van der Waals surface area contributed by atoms with Gasteiger partial charge in [-0.2, -0.15) is 0 Å². The van der Waals surface area contributed by atoms with Crippen molar-refractivity contribution < 1.29 is 4.79 Å². The van der Waals surface area contributed by atoms with E-state index >= 15 is 0 Å². The van der Waals surface area contributed by atoms with Gasteiger partial charge in [0.25, 0.3) is 5.91 Å². The molecule has 1 aliphatic rings. The van der Waals surface area contributed by atoms with Crippen molar-refractivity contribution >= 4 is 17.5 Å². The number of aromatic nitrogens is 2. The fraction of sp³-hybridized carbons (Fsp3) is 0.476. The van der Waals surface area contributed by atoms with Crippen molar-refractivity contribution in [3.8, 4) is 0 Å². The maximum Gasteiger partial charge on any atom is 0.270 e. The fourth-order valence-corrected chi connectivity index (χ4v) is 3.56. The summed E-state index contributed by atoms with van der Waals surface area (Å²) in [6, 6.07) is 8.24. The molecule has 1 saturated carbocycles. The molecule has 0 saturated heterocycles. The lowest BCUT2D eigenvalue weighted by Crippen LogP contribution is -2.36. The molecule has 1 fully saturated rings. The number of nitrogens with one attached hydrogen (secondary N) is 2. The molecule has 5 nitrogen and oxygen atoms in total. The average molecular weight is 352 g/mol. The van der Waals surface area contributed by atoms with Gasteiger partial charge in [-0.15, -0.1) is 0 Å². The van der Waals surface area contributed by atoms with Crippen LogP contribution < -0.4 is 10.6 Å². The van der Waals surface area contributed by atoms with Gasteiger partial charge in [0.2, 0.25) is 5.95 Å². The Balaban J connectivity index is 1.80. The molecule has 0 aliphatic heterocycles. The predicted octanol–water partition coefficient (Wildman–Crippen LogP) is 4.46. The summed E-state index contributed by atoms with van der Waals surface area (Å²) in [7, 11) is 0. The zero-order valence-electron chi connectivity index (χ0n) is 15.9. The molecular formula is C21H28N4O. The molecule has 1 aromatic carbocycles. The first-order valence-electron chi connectivity index (χ1n) is 9.59. The predicted molar refractivity (Wildman–Crippen MR) is 105 cm³/mol. The maximum atomic E-state index is 12.6. The zero-order chi connectivity index (χ0) is 18.5. The molecule has 3 rings (SSSR count). The SMILES string of the molecule is CCc1cccc(C)c1Nc1nc(C)cc(C(=O)NC2CCCCC2)n1. The minimum atomic E-state index is -0.106. The van der Waals surface area contributed by atoms with Crippen molar-refractivity contribution in [2.45, 2.75) is 65.3 Å². The summed E-state index contributed by atoms with van der Waals surface area (Å²) in [6.45, 7) is 6.08. The van der Waals surface area contributed by atoms with Gasteiger partial charge in [-0.3, -0.25) is 4.79 Å². The summed E-state index contributed by atoms with van der Waals surface area (Å²) in [5, 5.41) is 6.46. The number of anilines is 2. The highest BCUT2D eigenvalue weighted by molar-refractivity contribution is 5.93. The number of nitrogens with zero attached hydrogens (tertiary/aromatic N) is 2. The van der Waals surface area contributed by atoms with Crippen LogP contribution in [0.3, 0.4) is 0 Å². The third-order valence-electron chi connectivity index (χ3n) is 5.00. The summed E-state index contributed by atoms with van der Waals surface area (Å²) in [4.78, 5) is 21.6. The molecule has 0 atom stereocenters. The molecule has 0 spiro atoms. The van der Waals surface area contributed by atoms with Crippen LogP contribution in [0.2, 0.25) is 0 Å². The van der Waals surface area contributed by atoms with E-state index in [2.05, 4.69) is 52.6 Å². The Labute approximate surface area is 155 Å². The second kappa shape index (κ2) is 8.30. The molecule has 5 heteroatoms. The number of hydrogen-bond donors (Lipinski definition) is 2. The first kappa shape index (κ1) is 18.4. The number of para-hydroxylation sites is 1. The second-order valence-corrected chi connectivity index (χ2v) is 7.11. The van der Waals surface area contributed by atoms with Crippen LogP contribution in [-0.4, -0.2) is 21.9 Å². The average Bonchev–Trinajstić information content (AvgIpc) is 2.64. The Hall–Kier alpha value is -2.43. The van der Waals surface area contributed by atoms with Crippen molar-refractivity contribution in [3.63, 3.8) is 0 Å². The van der Waals surface area contributed by atoms with Gasteiger partial charge in [0, 0.05) is 17.4 Å². The van der Waals surface area contributed by atoms with Crippen molar-refractivity contribution in [2.75, 3.05) is 5.32 Å². The molecule has 0 unspecified atom stereocenters. The smallest absolute Gasteiger partial charge is 0.270 e. The highest BCUT2D eigenvalue weighted by atomic mass is 16.1. The van der Waals surface area contributed by atoms with Crippen LogP contribution in [0.1, 0.15) is 66.3 Å². The topological polar surface area (TPSA) is 66.9 Å². The van der Waals surface area contributed by atoms with Crippen LogP contribution in [0.15, 0.2) is 24.3 Å². The van der Waals surface area contributed by atoms with E-state index in [1.165, 1.54) is 24.8 Å². The minimum absolute atomic E-state index is 0.106. The lowest BCUT2D eigenvalue weighted by Gasteiger charge is -2.22. The number of carbonyl (C=O) groups excluding carboxylic acids is 1. The quantitative estimate of drug-likeness (QED) is 0.833. The van der Waals surface area contributed by atoms with Crippen LogP contribution in [0, 0.1) is 13.8 Å². The first-order chi connectivity index (χ1) is 12.6. The summed E-state index contributed by atoms with van der Waals surface area (Å²) in [5.74, 6) is 0.369. The molecule has 1 heterocycles. The molecule has 0 radical (unpaired) electrons. The van der Waals surface area contributed by atoms with Gasteiger partial charge in [0.05, 0.1) is 0 Å². The van der Waals surface area contributed by atoms with E-state index in [4.69, 9.17) is 0 Å². The number of hydrogen-bond acceptors (Lipinski definition) is 4. The first-order valence-corrected chi connectivity index (χ1v) is 9.59. The lowest BCUT2D eigenvalue weighted by atomic mass is 9.95. The van der Waals surface area contributed by atoms with Gasteiger partial charge < -0.3 is 10.6 Å². The number of benzene rings is 1. The number of rotatable bonds is 5. The number of amides is 1. The largest absolute Gasteiger partial charge is 0.348 e. The van der Waals surface area contributed by atoms with Crippen LogP contribution in [0.5, 0.6) is 0 Å². The van der Waals surface area contributed by atoms with E-state index in [9.17, 15) is 4.79 Å². The van der Waals surface area contributed by atoms with Gasteiger partial charge in [-0.1, -0.05) is 44.4 Å². The summed E-state index contributed by atoms with van der Waals surface area (Å²) < 4.78 is 0. The van der Waals surface area contributed by atoms with E-state index in [0.717, 1.165) is 36.2 Å².